The van der Waals surface area contributed by atoms with Crippen molar-refractivity contribution in [2.75, 3.05) is 19.4 Å². The summed E-state index contributed by atoms with van der Waals surface area (Å²) in [6, 6.07) is 3.52. The van der Waals surface area contributed by atoms with Gasteiger partial charge in [0.2, 0.25) is 0 Å². The van der Waals surface area contributed by atoms with Gasteiger partial charge in [0.05, 0.1) is 12.6 Å². The molecule has 0 bridgehead atoms. The lowest BCUT2D eigenvalue weighted by atomic mass is 10.1. The van der Waals surface area contributed by atoms with E-state index in [1.54, 1.807) is 19.3 Å². The van der Waals surface area contributed by atoms with Crippen LogP contribution in [0.25, 0.3) is 0 Å². The number of hydrogen-bond donors (Lipinski definition) is 3. The van der Waals surface area contributed by atoms with Gasteiger partial charge in [-0.05, 0) is 13.1 Å². The van der Waals surface area contributed by atoms with E-state index in [2.05, 4.69) is 10.3 Å². The molecular formula is C8H13N3O. The number of pyridine rings is 1. The third-order valence-corrected chi connectivity index (χ3v) is 1.78. The van der Waals surface area contributed by atoms with E-state index in [-0.39, 0.29) is 12.6 Å². The molecule has 0 aliphatic rings. The minimum absolute atomic E-state index is 0.0202. The van der Waals surface area contributed by atoms with Gasteiger partial charge in [-0.25, -0.2) is 4.98 Å². The van der Waals surface area contributed by atoms with Gasteiger partial charge in [0.25, 0.3) is 0 Å². The number of aliphatic hydroxyl groups excluding tert-OH is 1. The Labute approximate surface area is 71.4 Å². The van der Waals surface area contributed by atoms with Gasteiger partial charge in [0.15, 0.2) is 0 Å². The highest BCUT2D eigenvalue weighted by Crippen LogP contribution is 2.16. The molecule has 1 aromatic heterocycles. The van der Waals surface area contributed by atoms with E-state index in [1.807, 2.05) is 6.07 Å². The summed E-state index contributed by atoms with van der Waals surface area (Å²) >= 11 is 0. The molecule has 0 unspecified atom stereocenters. The summed E-state index contributed by atoms with van der Waals surface area (Å²) in [5.41, 5.74) is 6.45. The van der Waals surface area contributed by atoms with Gasteiger partial charge in [0.1, 0.15) is 5.82 Å². The van der Waals surface area contributed by atoms with Gasteiger partial charge < -0.3 is 16.2 Å². The maximum absolute atomic E-state index is 8.96. The Balaban J connectivity index is 2.92. The lowest BCUT2D eigenvalue weighted by Gasteiger charge is -2.14. The molecule has 0 saturated heterocycles. The molecule has 0 fully saturated rings. The topological polar surface area (TPSA) is 71.2 Å². The van der Waals surface area contributed by atoms with E-state index in [9.17, 15) is 0 Å². The van der Waals surface area contributed by atoms with Crippen molar-refractivity contribution >= 4 is 5.82 Å². The highest BCUT2D eigenvalue weighted by Gasteiger charge is 2.10. The number of nitrogen functional groups attached to an aromatic ring is 1. The first-order valence-corrected chi connectivity index (χ1v) is 3.78. The van der Waals surface area contributed by atoms with Gasteiger partial charge in [-0.15, -0.1) is 0 Å². The Morgan fingerprint density at radius 3 is 3.00 bits per heavy atom. The molecule has 1 rings (SSSR count). The van der Waals surface area contributed by atoms with Gasteiger partial charge in [-0.3, -0.25) is 0 Å². The monoisotopic (exact) mass is 167 g/mol. The molecule has 0 saturated carbocycles. The van der Waals surface area contributed by atoms with Crippen molar-refractivity contribution in [1.29, 1.82) is 0 Å². The maximum Gasteiger partial charge on any atom is 0.128 e. The van der Waals surface area contributed by atoms with Crippen molar-refractivity contribution < 1.29 is 5.11 Å². The predicted molar refractivity (Wildman–Crippen MR) is 47.5 cm³/mol. The van der Waals surface area contributed by atoms with Crippen molar-refractivity contribution in [3.05, 3.63) is 23.9 Å². The zero-order chi connectivity index (χ0) is 8.97. The number of aromatic nitrogens is 1. The lowest BCUT2D eigenvalue weighted by molar-refractivity contribution is 0.251. The SMILES string of the molecule is CN[C@H](CO)c1cccnc1N. The molecule has 0 aromatic carbocycles. The fourth-order valence-corrected chi connectivity index (χ4v) is 1.07. The maximum atomic E-state index is 8.96. The lowest BCUT2D eigenvalue weighted by Crippen LogP contribution is -2.21. The van der Waals surface area contributed by atoms with Crippen molar-refractivity contribution in [3.63, 3.8) is 0 Å². The molecule has 66 valence electrons. The second-order valence-corrected chi connectivity index (χ2v) is 2.50. The molecule has 0 aliphatic carbocycles. The largest absolute Gasteiger partial charge is 0.394 e. The van der Waals surface area contributed by atoms with Crippen LogP contribution in [0, 0.1) is 0 Å². The second kappa shape index (κ2) is 4.04. The standard InChI is InChI=1S/C8H13N3O/c1-10-7(5-12)6-3-2-4-11-8(6)9/h2-4,7,10,12H,5H2,1H3,(H2,9,11)/t7-/m1/s1. The van der Waals surface area contributed by atoms with E-state index >= 15 is 0 Å². The second-order valence-electron chi connectivity index (χ2n) is 2.50. The zero-order valence-corrected chi connectivity index (χ0v) is 6.99. The molecule has 1 atom stereocenters. The van der Waals surface area contributed by atoms with Gasteiger partial charge in [-0.2, -0.15) is 0 Å². The van der Waals surface area contributed by atoms with Crippen LogP contribution in [-0.4, -0.2) is 23.7 Å². The Kier molecular flexibility index (Phi) is 3.01. The summed E-state index contributed by atoms with van der Waals surface area (Å²) < 4.78 is 0. The summed E-state index contributed by atoms with van der Waals surface area (Å²) in [7, 11) is 1.77. The van der Waals surface area contributed by atoms with Crippen molar-refractivity contribution in [2.45, 2.75) is 6.04 Å². The number of nitrogens with one attached hydrogen (secondary N) is 1. The molecule has 4 heteroatoms. The van der Waals surface area contributed by atoms with Gasteiger partial charge in [0, 0.05) is 11.8 Å². The number of nitrogens with zero attached hydrogens (tertiary/aromatic N) is 1. The first-order chi connectivity index (χ1) is 5.79. The Morgan fingerprint density at radius 2 is 2.50 bits per heavy atom. The number of aliphatic hydroxyl groups is 1. The Morgan fingerprint density at radius 1 is 1.75 bits per heavy atom. The van der Waals surface area contributed by atoms with Gasteiger partial charge in [-0.1, -0.05) is 6.07 Å². The fraction of sp³-hybridized carbons (Fsp3) is 0.375. The first kappa shape index (κ1) is 8.96. The average molecular weight is 167 g/mol. The van der Waals surface area contributed by atoms with E-state index < -0.39 is 0 Å². The number of nitrogens with two attached hydrogens (primary N) is 1. The fourth-order valence-electron chi connectivity index (χ4n) is 1.07. The predicted octanol–water partition coefficient (Wildman–Crippen LogP) is -0.0834. The summed E-state index contributed by atoms with van der Waals surface area (Å²) in [5.74, 6) is 0.464. The molecule has 1 heterocycles. The van der Waals surface area contributed by atoms with E-state index in [4.69, 9.17) is 10.8 Å². The van der Waals surface area contributed by atoms with E-state index in [0.29, 0.717) is 5.82 Å². The highest BCUT2D eigenvalue weighted by molar-refractivity contribution is 5.40. The molecule has 4 N–H and O–H groups in total. The van der Waals surface area contributed by atoms with Crippen LogP contribution in [0.15, 0.2) is 18.3 Å². The van der Waals surface area contributed by atoms with Crippen molar-refractivity contribution in [3.8, 4) is 0 Å². The van der Waals surface area contributed by atoms with Crippen LogP contribution in [0.3, 0.4) is 0 Å². The minimum atomic E-state index is -0.126. The van der Waals surface area contributed by atoms with Crippen LogP contribution in [0.4, 0.5) is 5.82 Å². The van der Waals surface area contributed by atoms with Crippen LogP contribution >= 0.6 is 0 Å². The minimum Gasteiger partial charge on any atom is -0.394 e. The third-order valence-electron chi connectivity index (χ3n) is 1.78. The number of hydrogen-bond acceptors (Lipinski definition) is 4. The third kappa shape index (κ3) is 1.72. The van der Waals surface area contributed by atoms with Crippen LogP contribution in [0.5, 0.6) is 0 Å². The molecule has 12 heavy (non-hydrogen) atoms. The van der Waals surface area contributed by atoms with Crippen LogP contribution in [0.2, 0.25) is 0 Å². The Hall–Kier alpha value is -1.13. The molecule has 0 aliphatic heterocycles. The molecule has 1 aromatic rings. The Bertz CT molecular complexity index is 248. The first-order valence-electron chi connectivity index (χ1n) is 3.78. The molecule has 4 nitrogen and oxygen atoms in total. The molecule has 0 spiro atoms. The van der Waals surface area contributed by atoms with E-state index in [0.717, 1.165) is 5.56 Å². The quantitative estimate of drug-likeness (QED) is 0.588. The molecule has 0 radical (unpaired) electrons. The van der Waals surface area contributed by atoms with E-state index in [1.165, 1.54) is 0 Å². The zero-order valence-electron chi connectivity index (χ0n) is 6.99. The summed E-state index contributed by atoms with van der Waals surface area (Å²) in [6.45, 7) is 0.0202. The summed E-state index contributed by atoms with van der Waals surface area (Å²) in [4.78, 5) is 3.92. The number of likely N-dealkylation sites (N-methyl/N-ethyl adjacent to an activating group) is 1. The summed E-state index contributed by atoms with van der Waals surface area (Å²) in [5, 5.41) is 11.9. The highest BCUT2D eigenvalue weighted by atomic mass is 16.3. The van der Waals surface area contributed by atoms with Gasteiger partial charge >= 0.3 is 0 Å². The number of rotatable bonds is 3. The van der Waals surface area contributed by atoms with Crippen LogP contribution in [-0.2, 0) is 0 Å². The normalized spacial score (nSPS) is 12.8. The average Bonchev–Trinajstić information content (AvgIpc) is 2.10. The molecular weight excluding hydrogens is 154 g/mol. The summed E-state index contributed by atoms with van der Waals surface area (Å²) in [6.07, 6.45) is 1.63. The smallest absolute Gasteiger partial charge is 0.128 e. The van der Waals surface area contributed by atoms with Crippen molar-refractivity contribution in [1.82, 2.24) is 10.3 Å². The number of anilines is 1. The molecule has 0 amide bonds. The van der Waals surface area contributed by atoms with Crippen LogP contribution in [0.1, 0.15) is 11.6 Å². The van der Waals surface area contributed by atoms with Crippen molar-refractivity contribution in [2.24, 2.45) is 0 Å². The van der Waals surface area contributed by atoms with Crippen LogP contribution < -0.4 is 11.1 Å².